The molecule has 8 unspecified atom stereocenters. The van der Waals surface area contributed by atoms with Crippen LogP contribution in [0.4, 0.5) is 0 Å². The minimum Gasteiger partial charge on any atom is -0.499 e. The standard InChI is InChI=1S/C35H47N3O12/c1-34(2,3)49-26(41)11-10-23(19-40)36-31(42)24-5-4-13-37(24)33(44)35-17-25-27-28(47-20-46-27)30(35)50-38(29(35)32(43)48-25)18-22-8-6-21(7-9-22)12-15-45-16-14-39/h6-9,12,15,23-25,27-30,39-40H,4-5,10-11,13-14,16-20H2,1-3H3,(H,36,42). The van der Waals surface area contributed by atoms with E-state index in [1.807, 2.05) is 24.3 Å². The molecule has 5 aliphatic rings. The average molecular weight is 702 g/mol. The third-order valence-electron chi connectivity index (χ3n) is 9.85. The van der Waals surface area contributed by atoms with Crippen molar-refractivity contribution < 1.29 is 57.9 Å². The molecule has 0 radical (unpaired) electrons. The van der Waals surface area contributed by atoms with Crippen LogP contribution in [0.15, 0.2) is 30.5 Å². The summed E-state index contributed by atoms with van der Waals surface area (Å²) < 4.78 is 28.2. The fraction of sp³-hybridized carbons (Fsp3) is 0.657. The Labute approximate surface area is 290 Å². The van der Waals surface area contributed by atoms with Gasteiger partial charge in [-0.15, -0.1) is 0 Å². The van der Waals surface area contributed by atoms with Gasteiger partial charge in [-0.2, -0.15) is 5.06 Å². The Bertz CT molecular complexity index is 1450. The molecule has 3 N–H and O–H groups in total. The van der Waals surface area contributed by atoms with Gasteiger partial charge < -0.3 is 44.1 Å². The number of rotatable bonds is 13. The lowest BCUT2D eigenvalue weighted by molar-refractivity contribution is -0.204. The molecule has 15 heteroatoms. The topological polar surface area (TPSA) is 183 Å². The zero-order chi connectivity index (χ0) is 35.6. The van der Waals surface area contributed by atoms with Gasteiger partial charge in [-0.25, -0.2) is 0 Å². The van der Waals surface area contributed by atoms with E-state index in [4.69, 9.17) is 33.6 Å². The number of esters is 2. The second-order valence-electron chi connectivity index (χ2n) is 14.4. The summed E-state index contributed by atoms with van der Waals surface area (Å²) in [5.41, 5.74) is -0.386. The Kier molecular flexibility index (Phi) is 10.8. The van der Waals surface area contributed by atoms with Gasteiger partial charge >= 0.3 is 11.9 Å². The molecular formula is C35H47N3O12. The smallest absolute Gasteiger partial charge is 0.327 e. The van der Waals surface area contributed by atoms with E-state index in [1.54, 1.807) is 26.8 Å². The average Bonchev–Trinajstić information content (AvgIpc) is 3.83. The van der Waals surface area contributed by atoms with E-state index in [2.05, 4.69) is 5.32 Å². The highest BCUT2D eigenvalue weighted by Gasteiger charge is 2.75. The highest BCUT2D eigenvalue weighted by molar-refractivity contribution is 5.96. The van der Waals surface area contributed by atoms with Crippen LogP contribution in [0.5, 0.6) is 0 Å². The molecule has 4 saturated heterocycles. The largest absolute Gasteiger partial charge is 0.499 e. The Morgan fingerprint density at radius 2 is 1.90 bits per heavy atom. The third kappa shape index (κ3) is 7.25. The number of fused-ring (bicyclic) bond motifs is 4. The van der Waals surface area contributed by atoms with E-state index in [9.17, 15) is 24.3 Å². The van der Waals surface area contributed by atoms with E-state index in [0.29, 0.717) is 19.4 Å². The molecule has 274 valence electrons. The number of aliphatic hydroxyl groups is 2. The minimum absolute atomic E-state index is 0.00231. The predicted molar refractivity (Wildman–Crippen MR) is 173 cm³/mol. The van der Waals surface area contributed by atoms with Crippen molar-refractivity contribution in [1.29, 1.82) is 0 Å². The number of hydrogen-bond acceptors (Lipinski definition) is 13. The highest BCUT2D eigenvalue weighted by Crippen LogP contribution is 2.56. The van der Waals surface area contributed by atoms with Crippen molar-refractivity contribution in [2.24, 2.45) is 5.41 Å². The van der Waals surface area contributed by atoms with Gasteiger partial charge in [0, 0.05) is 19.4 Å². The molecule has 1 aromatic rings. The van der Waals surface area contributed by atoms with Crippen LogP contribution in [0.1, 0.15) is 64.0 Å². The lowest BCUT2D eigenvalue weighted by Gasteiger charge is -2.50. The molecule has 4 heterocycles. The number of carbonyl (C=O) groups excluding carboxylic acids is 4. The maximum atomic E-state index is 14.9. The van der Waals surface area contributed by atoms with Gasteiger partial charge in [-0.05, 0) is 57.2 Å². The summed E-state index contributed by atoms with van der Waals surface area (Å²) in [7, 11) is 0. The molecule has 2 bridgehead atoms. The van der Waals surface area contributed by atoms with Gasteiger partial charge in [0.15, 0.2) is 6.04 Å². The number of hydrogen-bond donors (Lipinski definition) is 3. The second kappa shape index (κ2) is 14.9. The molecular weight excluding hydrogens is 654 g/mol. The molecule has 2 amide bonds. The number of benzene rings is 1. The molecule has 1 aromatic carbocycles. The zero-order valence-electron chi connectivity index (χ0n) is 28.7. The number of ether oxygens (including phenoxy) is 5. The molecule has 6 rings (SSSR count). The van der Waals surface area contributed by atoms with Crippen LogP contribution >= 0.6 is 0 Å². The number of likely N-dealkylation sites (tertiary alicyclic amines) is 1. The summed E-state index contributed by atoms with van der Waals surface area (Å²) in [4.78, 5) is 62.7. The third-order valence-corrected chi connectivity index (χ3v) is 9.85. The Morgan fingerprint density at radius 3 is 2.62 bits per heavy atom. The van der Waals surface area contributed by atoms with E-state index in [0.717, 1.165) is 11.1 Å². The van der Waals surface area contributed by atoms with Crippen molar-refractivity contribution in [1.82, 2.24) is 15.3 Å². The lowest BCUT2D eigenvalue weighted by atomic mass is 9.62. The molecule has 5 fully saturated rings. The SMILES string of the molecule is CC(C)(C)OC(=O)CCC(CO)NC(=O)C1CCCN1C(=O)C12CC3OC(=O)C1N(Cc1ccc(C=COCCO)cc1)OC2C1OCOC31. The van der Waals surface area contributed by atoms with Crippen LogP contribution < -0.4 is 5.32 Å². The van der Waals surface area contributed by atoms with Crippen molar-refractivity contribution >= 4 is 29.8 Å². The summed E-state index contributed by atoms with van der Waals surface area (Å²) >= 11 is 0. The Hall–Kier alpha value is -3.60. The molecule has 4 aliphatic heterocycles. The summed E-state index contributed by atoms with van der Waals surface area (Å²) in [6, 6.07) is 4.83. The molecule has 15 nitrogen and oxygen atoms in total. The zero-order valence-corrected chi connectivity index (χ0v) is 28.7. The van der Waals surface area contributed by atoms with Crippen molar-refractivity contribution in [3.63, 3.8) is 0 Å². The first-order chi connectivity index (χ1) is 23.9. The fourth-order valence-electron chi connectivity index (χ4n) is 7.72. The molecule has 0 aromatic heterocycles. The summed E-state index contributed by atoms with van der Waals surface area (Å²) in [6.45, 7) is 5.44. The molecule has 8 atom stereocenters. The molecule has 1 aliphatic carbocycles. The van der Waals surface area contributed by atoms with Gasteiger partial charge in [0.05, 0.1) is 32.1 Å². The van der Waals surface area contributed by atoms with Crippen LogP contribution in [0, 0.1) is 5.41 Å². The van der Waals surface area contributed by atoms with Gasteiger partial charge in [-0.1, -0.05) is 24.3 Å². The maximum absolute atomic E-state index is 14.9. The quantitative estimate of drug-likeness (QED) is 0.149. The van der Waals surface area contributed by atoms with Crippen molar-refractivity contribution in [2.45, 2.75) is 108 Å². The monoisotopic (exact) mass is 701 g/mol. The predicted octanol–water partition coefficient (Wildman–Crippen LogP) is 0.798. The van der Waals surface area contributed by atoms with Gasteiger partial charge in [-0.3, -0.25) is 24.0 Å². The van der Waals surface area contributed by atoms with Crippen LogP contribution in [-0.4, -0.2) is 125 Å². The minimum atomic E-state index is -1.41. The first-order valence-electron chi connectivity index (χ1n) is 17.2. The highest BCUT2D eigenvalue weighted by atomic mass is 16.8. The summed E-state index contributed by atoms with van der Waals surface area (Å²) in [5, 5.41) is 23.2. The van der Waals surface area contributed by atoms with Gasteiger partial charge in [0.25, 0.3) is 0 Å². The molecule has 1 saturated carbocycles. The number of hydroxylamine groups is 2. The first-order valence-corrected chi connectivity index (χ1v) is 17.2. The van der Waals surface area contributed by atoms with Crippen molar-refractivity contribution in [3.8, 4) is 0 Å². The normalized spacial score (nSPS) is 31.0. The number of amides is 2. The maximum Gasteiger partial charge on any atom is 0.327 e. The molecule has 50 heavy (non-hydrogen) atoms. The molecule has 0 spiro atoms. The van der Waals surface area contributed by atoms with Gasteiger partial charge in [0.2, 0.25) is 11.8 Å². The second-order valence-corrected chi connectivity index (χ2v) is 14.4. The summed E-state index contributed by atoms with van der Waals surface area (Å²) in [6.07, 6.45) is 1.66. The van der Waals surface area contributed by atoms with E-state index in [-0.39, 0.29) is 51.7 Å². The summed E-state index contributed by atoms with van der Waals surface area (Å²) in [5.74, 6) is -1.87. The number of nitrogens with zero attached hydrogens (tertiary/aromatic N) is 2. The lowest BCUT2D eigenvalue weighted by Crippen LogP contribution is -2.70. The van der Waals surface area contributed by atoms with Crippen LogP contribution in [0.3, 0.4) is 0 Å². The van der Waals surface area contributed by atoms with E-state index >= 15 is 0 Å². The first kappa shape index (κ1) is 36.2. The van der Waals surface area contributed by atoms with E-state index in [1.165, 1.54) is 16.2 Å². The fourth-order valence-corrected chi connectivity index (χ4v) is 7.72. The number of aliphatic hydroxyl groups excluding tert-OH is 2. The number of nitrogens with one attached hydrogen (secondary N) is 1. The van der Waals surface area contributed by atoms with E-state index < -0.39 is 78.0 Å². The van der Waals surface area contributed by atoms with Crippen LogP contribution in [0.25, 0.3) is 6.08 Å². The Morgan fingerprint density at radius 1 is 1.14 bits per heavy atom. The Balaban J connectivity index is 1.21. The van der Waals surface area contributed by atoms with Crippen molar-refractivity contribution in [2.75, 3.05) is 33.2 Å². The van der Waals surface area contributed by atoms with Crippen LogP contribution in [-0.2, 0) is 54.2 Å². The van der Waals surface area contributed by atoms with Crippen molar-refractivity contribution in [3.05, 3.63) is 41.7 Å². The van der Waals surface area contributed by atoms with Gasteiger partial charge in [0.1, 0.15) is 54.9 Å². The number of carbonyl (C=O) groups is 4. The van der Waals surface area contributed by atoms with Crippen LogP contribution in [0.2, 0.25) is 0 Å².